The third-order valence-electron chi connectivity index (χ3n) is 1.69. The number of aromatic nitrogens is 1. The second-order valence-electron chi connectivity index (χ2n) is 2.59. The highest BCUT2D eigenvalue weighted by Gasteiger charge is 2.26. The average Bonchev–Trinajstić information content (AvgIpc) is 2.16. The van der Waals surface area contributed by atoms with Crippen LogP contribution in [0.5, 0.6) is 0 Å². The number of pyridine rings is 1. The van der Waals surface area contributed by atoms with Crippen molar-refractivity contribution in [2.75, 3.05) is 0 Å². The van der Waals surface area contributed by atoms with Crippen molar-refractivity contribution < 1.29 is 18.1 Å². The molecule has 5 nitrogen and oxygen atoms in total. The molecule has 0 aromatic carbocycles. The number of hydrogen-bond acceptors (Lipinski definition) is 4. The lowest BCUT2D eigenvalue weighted by molar-refractivity contribution is -0.389. The average molecular weight is 221 g/mol. The minimum atomic E-state index is -3.10. The standard InChI is InChI=1S/C7H6F3N3O2/c8-4-1-5(13(14)15)12-6(7(9)10)3(4)2-11/h1,7H,2,11H2. The zero-order chi connectivity index (χ0) is 11.6. The van der Waals surface area contributed by atoms with Crippen molar-refractivity contribution in [1.82, 2.24) is 4.98 Å². The van der Waals surface area contributed by atoms with Crippen molar-refractivity contribution in [3.8, 4) is 0 Å². The smallest absolute Gasteiger partial charge is 0.358 e. The van der Waals surface area contributed by atoms with E-state index in [1.807, 2.05) is 0 Å². The van der Waals surface area contributed by atoms with Gasteiger partial charge in [-0.1, -0.05) is 0 Å². The predicted molar refractivity (Wildman–Crippen MR) is 43.7 cm³/mol. The molecule has 0 aliphatic carbocycles. The fourth-order valence-electron chi connectivity index (χ4n) is 1.02. The molecule has 1 rings (SSSR count). The lowest BCUT2D eigenvalue weighted by Gasteiger charge is -2.03. The van der Waals surface area contributed by atoms with Gasteiger partial charge in [0.05, 0.1) is 11.6 Å². The van der Waals surface area contributed by atoms with E-state index in [0.29, 0.717) is 6.07 Å². The Morgan fingerprint density at radius 3 is 2.60 bits per heavy atom. The summed E-state index contributed by atoms with van der Waals surface area (Å²) in [7, 11) is 0. The van der Waals surface area contributed by atoms with E-state index in [2.05, 4.69) is 4.98 Å². The van der Waals surface area contributed by atoms with E-state index in [1.165, 1.54) is 0 Å². The molecule has 0 spiro atoms. The summed E-state index contributed by atoms with van der Waals surface area (Å²) in [6.45, 7) is -0.490. The van der Waals surface area contributed by atoms with Crippen LogP contribution in [0, 0.1) is 15.9 Å². The van der Waals surface area contributed by atoms with E-state index in [0.717, 1.165) is 0 Å². The fourth-order valence-corrected chi connectivity index (χ4v) is 1.02. The molecule has 0 saturated carbocycles. The molecule has 0 fully saturated rings. The molecular formula is C7H6F3N3O2. The number of rotatable bonds is 3. The number of nitro groups is 1. The summed E-state index contributed by atoms with van der Waals surface area (Å²) in [5, 5.41) is 10.2. The van der Waals surface area contributed by atoms with Crippen molar-refractivity contribution in [1.29, 1.82) is 0 Å². The van der Waals surface area contributed by atoms with Crippen LogP contribution < -0.4 is 5.73 Å². The topological polar surface area (TPSA) is 82.0 Å². The Labute approximate surface area is 81.9 Å². The molecule has 0 bridgehead atoms. The summed E-state index contributed by atoms with van der Waals surface area (Å²) >= 11 is 0. The molecule has 82 valence electrons. The van der Waals surface area contributed by atoms with Crippen LogP contribution in [0.15, 0.2) is 6.07 Å². The van der Waals surface area contributed by atoms with Crippen LogP contribution in [0.2, 0.25) is 0 Å². The molecular weight excluding hydrogens is 215 g/mol. The molecule has 2 N–H and O–H groups in total. The Morgan fingerprint density at radius 1 is 1.60 bits per heavy atom. The van der Waals surface area contributed by atoms with Gasteiger partial charge in [-0.3, -0.25) is 0 Å². The summed E-state index contributed by atoms with van der Waals surface area (Å²) in [4.78, 5) is 12.2. The monoisotopic (exact) mass is 221 g/mol. The Balaban J connectivity index is 3.38. The van der Waals surface area contributed by atoms with Gasteiger partial charge >= 0.3 is 12.2 Å². The fraction of sp³-hybridized carbons (Fsp3) is 0.286. The van der Waals surface area contributed by atoms with E-state index in [9.17, 15) is 23.3 Å². The molecule has 0 aliphatic rings. The first-order chi connectivity index (χ1) is 6.97. The number of nitrogens with zero attached hydrogens (tertiary/aromatic N) is 2. The SMILES string of the molecule is NCc1c(F)cc([N+](=O)[O-])nc1C(F)F. The Hall–Kier alpha value is -1.70. The number of alkyl halides is 2. The zero-order valence-corrected chi connectivity index (χ0v) is 7.28. The van der Waals surface area contributed by atoms with Crippen LogP contribution in [-0.2, 0) is 6.54 Å². The maximum atomic E-state index is 13.1. The second-order valence-corrected chi connectivity index (χ2v) is 2.59. The van der Waals surface area contributed by atoms with Gasteiger partial charge in [-0.2, -0.15) is 0 Å². The maximum absolute atomic E-state index is 13.1. The largest absolute Gasteiger partial charge is 0.366 e. The molecule has 1 aromatic heterocycles. The minimum Gasteiger partial charge on any atom is -0.358 e. The molecule has 8 heteroatoms. The molecule has 1 heterocycles. The number of halogens is 3. The second kappa shape index (κ2) is 4.22. The zero-order valence-electron chi connectivity index (χ0n) is 7.28. The van der Waals surface area contributed by atoms with Crippen LogP contribution >= 0.6 is 0 Å². The Kier molecular flexibility index (Phi) is 3.20. The number of nitrogens with two attached hydrogens (primary N) is 1. The van der Waals surface area contributed by atoms with Crippen LogP contribution in [-0.4, -0.2) is 9.91 Å². The van der Waals surface area contributed by atoms with Crippen molar-refractivity contribution in [2.45, 2.75) is 13.0 Å². The molecule has 0 atom stereocenters. The van der Waals surface area contributed by atoms with E-state index < -0.39 is 40.8 Å². The summed E-state index contributed by atoms with van der Waals surface area (Å²) < 4.78 is 37.7. The van der Waals surface area contributed by atoms with Gasteiger partial charge in [-0.15, -0.1) is 0 Å². The van der Waals surface area contributed by atoms with E-state index >= 15 is 0 Å². The van der Waals surface area contributed by atoms with Crippen molar-refractivity contribution in [3.63, 3.8) is 0 Å². The third kappa shape index (κ3) is 2.21. The number of hydrogen-bond donors (Lipinski definition) is 1. The quantitative estimate of drug-likeness (QED) is 0.619. The van der Waals surface area contributed by atoms with Gasteiger partial charge in [-0.05, 0) is 9.91 Å². The lowest BCUT2D eigenvalue weighted by atomic mass is 10.2. The first-order valence-corrected chi connectivity index (χ1v) is 3.79. The molecule has 0 radical (unpaired) electrons. The predicted octanol–water partition coefficient (Wildman–Crippen LogP) is 1.53. The summed E-state index contributed by atoms with van der Waals surface area (Å²) in [6.07, 6.45) is -3.10. The highest BCUT2D eigenvalue weighted by atomic mass is 19.3. The molecule has 1 aromatic rings. The summed E-state index contributed by atoms with van der Waals surface area (Å²) in [5.41, 5.74) is 3.55. The lowest BCUT2D eigenvalue weighted by Crippen LogP contribution is -2.09. The van der Waals surface area contributed by atoms with Crippen LogP contribution in [0.1, 0.15) is 17.7 Å². The van der Waals surface area contributed by atoms with Gasteiger partial charge in [0.2, 0.25) is 5.69 Å². The van der Waals surface area contributed by atoms with Crippen molar-refractivity contribution >= 4 is 5.82 Å². The van der Waals surface area contributed by atoms with E-state index in [1.54, 1.807) is 0 Å². The molecule has 0 aliphatic heterocycles. The van der Waals surface area contributed by atoms with Gasteiger partial charge in [0.25, 0.3) is 0 Å². The van der Waals surface area contributed by atoms with Gasteiger partial charge in [-0.25, -0.2) is 13.2 Å². The van der Waals surface area contributed by atoms with Gasteiger partial charge in [0, 0.05) is 6.54 Å². The molecule has 0 amide bonds. The molecule has 15 heavy (non-hydrogen) atoms. The molecule has 0 unspecified atom stereocenters. The highest BCUT2D eigenvalue weighted by molar-refractivity contribution is 5.31. The van der Waals surface area contributed by atoms with Crippen molar-refractivity contribution in [3.05, 3.63) is 33.3 Å². The van der Waals surface area contributed by atoms with Gasteiger partial charge in [0.15, 0.2) is 0 Å². The minimum absolute atomic E-state index is 0.466. The van der Waals surface area contributed by atoms with Crippen LogP contribution in [0.4, 0.5) is 19.0 Å². The third-order valence-corrected chi connectivity index (χ3v) is 1.69. The molecule has 0 saturated heterocycles. The maximum Gasteiger partial charge on any atom is 0.366 e. The van der Waals surface area contributed by atoms with Gasteiger partial charge in [0.1, 0.15) is 5.82 Å². The van der Waals surface area contributed by atoms with Crippen molar-refractivity contribution in [2.24, 2.45) is 5.73 Å². The van der Waals surface area contributed by atoms with E-state index in [4.69, 9.17) is 5.73 Å². The summed E-state index contributed by atoms with van der Waals surface area (Å²) in [6, 6.07) is 0.466. The van der Waals surface area contributed by atoms with Crippen LogP contribution in [0.25, 0.3) is 0 Å². The van der Waals surface area contributed by atoms with E-state index in [-0.39, 0.29) is 0 Å². The first-order valence-electron chi connectivity index (χ1n) is 3.79. The Morgan fingerprint density at radius 2 is 2.20 bits per heavy atom. The highest BCUT2D eigenvalue weighted by Crippen LogP contribution is 2.25. The van der Waals surface area contributed by atoms with Gasteiger partial charge < -0.3 is 15.8 Å². The normalized spacial score (nSPS) is 10.7. The first kappa shape index (κ1) is 11.4. The Bertz CT molecular complexity index is 397. The summed E-state index contributed by atoms with van der Waals surface area (Å²) in [5.74, 6) is -2.10. The van der Waals surface area contributed by atoms with Crippen LogP contribution in [0.3, 0.4) is 0 Å².